The van der Waals surface area contributed by atoms with Crippen molar-refractivity contribution in [2.45, 2.75) is 64.3 Å². The van der Waals surface area contributed by atoms with Gasteiger partial charge in [0.05, 0.1) is 0 Å². The Labute approximate surface area is 136 Å². The molecule has 0 aromatic heterocycles. The highest BCUT2D eigenvalue weighted by Gasteiger charge is 2.09. The molecule has 0 saturated heterocycles. The summed E-state index contributed by atoms with van der Waals surface area (Å²) in [5, 5.41) is 3.78. The molecule has 0 saturated carbocycles. The number of hydrogen-bond acceptors (Lipinski definition) is 2. The highest BCUT2D eigenvalue weighted by molar-refractivity contribution is 7.98. The van der Waals surface area contributed by atoms with Gasteiger partial charge in [0, 0.05) is 6.04 Å². The molecule has 0 aliphatic heterocycles. The summed E-state index contributed by atoms with van der Waals surface area (Å²) < 4.78 is 0. The molecule has 1 aromatic rings. The average molecular weight is 308 g/mol. The van der Waals surface area contributed by atoms with Crippen molar-refractivity contribution >= 4 is 11.8 Å². The fraction of sp³-hybridized carbons (Fsp3) is 0.684. The van der Waals surface area contributed by atoms with Gasteiger partial charge in [-0.25, -0.2) is 0 Å². The van der Waals surface area contributed by atoms with Gasteiger partial charge in [-0.1, -0.05) is 69.4 Å². The van der Waals surface area contributed by atoms with E-state index in [2.05, 4.69) is 48.8 Å². The molecule has 0 fully saturated rings. The fourth-order valence-electron chi connectivity index (χ4n) is 2.67. The SMILES string of the molecule is CCCCCC(NCCCCCCSC)c1ccccc1. The maximum Gasteiger partial charge on any atom is 0.0320 e. The molecule has 1 atom stereocenters. The van der Waals surface area contributed by atoms with Crippen LogP contribution in [0.5, 0.6) is 0 Å². The molecule has 0 amide bonds. The van der Waals surface area contributed by atoms with E-state index in [1.165, 1.54) is 62.7 Å². The Morgan fingerprint density at radius 1 is 0.952 bits per heavy atom. The van der Waals surface area contributed by atoms with Gasteiger partial charge in [-0.2, -0.15) is 11.8 Å². The maximum absolute atomic E-state index is 3.78. The minimum absolute atomic E-state index is 0.545. The molecule has 1 unspecified atom stereocenters. The summed E-state index contributed by atoms with van der Waals surface area (Å²) in [5.41, 5.74) is 1.45. The summed E-state index contributed by atoms with van der Waals surface area (Å²) in [7, 11) is 0. The third-order valence-electron chi connectivity index (χ3n) is 3.96. The molecular formula is C19H33NS. The van der Waals surface area contributed by atoms with Crippen molar-refractivity contribution in [3.63, 3.8) is 0 Å². The average Bonchev–Trinajstić information content (AvgIpc) is 2.53. The third-order valence-corrected chi connectivity index (χ3v) is 4.66. The Morgan fingerprint density at radius 3 is 2.43 bits per heavy atom. The van der Waals surface area contributed by atoms with Crippen LogP contribution in [-0.4, -0.2) is 18.6 Å². The van der Waals surface area contributed by atoms with Crippen molar-refractivity contribution in [2.24, 2.45) is 0 Å². The van der Waals surface area contributed by atoms with Gasteiger partial charge in [0.1, 0.15) is 0 Å². The van der Waals surface area contributed by atoms with E-state index in [9.17, 15) is 0 Å². The minimum Gasteiger partial charge on any atom is -0.310 e. The van der Waals surface area contributed by atoms with Gasteiger partial charge < -0.3 is 5.32 Å². The first kappa shape index (κ1) is 18.6. The summed E-state index contributed by atoms with van der Waals surface area (Å²) in [6, 6.07) is 11.5. The van der Waals surface area contributed by atoms with Gasteiger partial charge in [-0.15, -0.1) is 0 Å². The molecular weight excluding hydrogens is 274 g/mol. The highest BCUT2D eigenvalue weighted by atomic mass is 32.2. The molecule has 120 valence electrons. The van der Waals surface area contributed by atoms with Gasteiger partial charge in [-0.05, 0) is 43.4 Å². The van der Waals surface area contributed by atoms with Crippen molar-refractivity contribution < 1.29 is 0 Å². The lowest BCUT2D eigenvalue weighted by molar-refractivity contribution is 0.462. The van der Waals surface area contributed by atoms with Crippen LogP contribution in [0.1, 0.15) is 69.9 Å². The van der Waals surface area contributed by atoms with Crippen LogP contribution >= 0.6 is 11.8 Å². The standard InChI is InChI=1S/C19H33NS/c1-3-4-8-15-19(18-13-9-7-10-14-18)20-16-11-5-6-12-17-21-2/h7,9-10,13-14,19-20H,3-6,8,11-12,15-17H2,1-2H3. The molecule has 0 aliphatic carbocycles. The van der Waals surface area contributed by atoms with Crippen LogP contribution in [0.3, 0.4) is 0 Å². The number of unbranched alkanes of at least 4 members (excludes halogenated alkanes) is 5. The Balaban J connectivity index is 2.26. The van der Waals surface area contributed by atoms with E-state index in [-0.39, 0.29) is 0 Å². The second-order valence-electron chi connectivity index (χ2n) is 5.82. The highest BCUT2D eigenvalue weighted by Crippen LogP contribution is 2.19. The zero-order valence-corrected chi connectivity index (χ0v) is 14.8. The van der Waals surface area contributed by atoms with E-state index < -0.39 is 0 Å². The van der Waals surface area contributed by atoms with Crippen LogP contribution in [0.15, 0.2) is 30.3 Å². The lowest BCUT2D eigenvalue weighted by Crippen LogP contribution is -2.22. The zero-order chi connectivity index (χ0) is 15.2. The van der Waals surface area contributed by atoms with E-state index in [4.69, 9.17) is 0 Å². The van der Waals surface area contributed by atoms with E-state index in [1.54, 1.807) is 0 Å². The van der Waals surface area contributed by atoms with Crippen LogP contribution in [0, 0.1) is 0 Å². The quantitative estimate of drug-likeness (QED) is 0.461. The Bertz CT molecular complexity index is 326. The second-order valence-corrected chi connectivity index (χ2v) is 6.81. The Kier molecular flexibility index (Phi) is 11.7. The minimum atomic E-state index is 0.545. The summed E-state index contributed by atoms with van der Waals surface area (Å²) in [6.07, 6.45) is 12.9. The molecule has 1 aromatic carbocycles. The van der Waals surface area contributed by atoms with Gasteiger partial charge in [0.15, 0.2) is 0 Å². The summed E-state index contributed by atoms with van der Waals surface area (Å²) in [5.74, 6) is 1.32. The first-order chi connectivity index (χ1) is 10.4. The zero-order valence-electron chi connectivity index (χ0n) is 13.9. The first-order valence-corrected chi connectivity index (χ1v) is 10.0. The molecule has 0 radical (unpaired) electrons. The van der Waals surface area contributed by atoms with Crippen LogP contribution < -0.4 is 5.32 Å². The Morgan fingerprint density at radius 2 is 1.71 bits per heavy atom. The molecule has 1 nitrogen and oxygen atoms in total. The largest absolute Gasteiger partial charge is 0.310 e. The van der Waals surface area contributed by atoms with Gasteiger partial charge in [0.25, 0.3) is 0 Å². The molecule has 1 N–H and O–H groups in total. The summed E-state index contributed by atoms with van der Waals surface area (Å²) in [6.45, 7) is 3.44. The van der Waals surface area contributed by atoms with Crippen molar-refractivity contribution in [3.05, 3.63) is 35.9 Å². The first-order valence-electron chi connectivity index (χ1n) is 8.65. The number of thioether (sulfide) groups is 1. The fourth-order valence-corrected chi connectivity index (χ4v) is 3.16. The smallest absolute Gasteiger partial charge is 0.0320 e. The van der Waals surface area contributed by atoms with Crippen molar-refractivity contribution in [1.29, 1.82) is 0 Å². The monoisotopic (exact) mass is 307 g/mol. The van der Waals surface area contributed by atoms with Crippen LogP contribution in [-0.2, 0) is 0 Å². The molecule has 1 rings (SSSR count). The van der Waals surface area contributed by atoms with E-state index in [0.29, 0.717) is 6.04 Å². The van der Waals surface area contributed by atoms with Crippen LogP contribution in [0.4, 0.5) is 0 Å². The maximum atomic E-state index is 3.78. The van der Waals surface area contributed by atoms with E-state index in [1.807, 2.05) is 11.8 Å². The predicted octanol–water partition coefficient (Wildman–Crippen LogP) is 5.82. The summed E-state index contributed by atoms with van der Waals surface area (Å²) >= 11 is 1.96. The van der Waals surface area contributed by atoms with Crippen LogP contribution in [0.2, 0.25) is 0 Å². The molecule has 0 heterocycles. The van der Waals surface area contributed by atoms with Gasteiger partial charge in [-0.3, -0.25) is 0 Å². The third kappa shape index (κ3) is 9.21. The van der Waals surface area contributed by atoms with Crippen LogP contribution in [0.25, 0.3) is 0 Å². The van der Waals surface area contributed by atoms with Crippen molar-refractivity contribution in [2.75, 3.05) is 18.6 Å². The van der Waals surface area contributed by atoms with Crippen molar-refractivity contribution in [3.8, 4) is 0 Å². The topological polar surface area (TPSA) is 12.0 Å². The lowest BCUT2D eigenvalue weighted by Gasteiger charge is -2.19. The Hall–Kier alpha value is -0.470. The second kappa shape index (κ2) is 13.2. The molecule has 0 aliphatic rings. The van der Waals surface area contributed by atoms with Crippen molar-refractivity contribution in [1.82, 2.24) is 5.32 Å². The molecule has 2 heteroatoms. The predicted molar refractivity (Wildman–Crippen MR) is 98.2 cm³/mol. The molecule has 21 heavy (non-hydrogen) atoms. The van der Waals surface area contributed by atoms with Gasteiger partial charge >= 0.3 is 0 Å². The van der Waals surface area contributed by atoms with E-state index in [0.717, 1.165) is 6.54 Å². The normalized spacial score (nSPS) is 12.5. The number of benzene rings is 1. The number of hydrogen-bond donors (Lipinski definition) is 1. The molecule has 0 spiro atoms. The van der Waals surface area contributed by atoms with Gasteiger partial charge in [0.2, 0.25) is 0 Å². The number of nitrogens with one attached hydrogen (secondary N) is 1. The van der Waals surface area contributed by atoms with E-state index >= 15 is 0 Å². The lowest BCUT2D eigenvalue weighted by atomic mass is 10.00. The number of rotatable bonds is 13. The summed E-state index contributed by atoms with van der Waals surface area (Å²) in [4.78, 5) is 0. The molecule has 0 bridgehead atoms.